The van der Waals surface area contributed by atoms with Gasteiger partial charge in [-0.2, -0.15) is 0 Å². The molecular formula is C18H24N2O5S. The van der Waals surface area contributed by atoms with Gasteiger partial charge < -0.3 is 4.74 Å². The third kappa shape index (κ3) is 6.89. The van der Waals surface area contributed by atoms with E-state index in [0.29, 0.717) is 18.4 Å². The third-order valence-corrected chi connectivity index (χ3v) is 5.44. The lowest BCUT2D eigenvalue weighted by atomic mass is 10.1. The van der Waals surface area contributed by atoms with Crippen molar-refractivity contribution in [2.24, 2.45) is 4.99 Å². The average Bonchev–Trinajstić information content (AvgIpc) is 2.60. The summed E-state index contributed by atoms with van der Waals surface area (Å²) in [5.74, 6) is -1.09. The number of rotatable bonds is 8. The van der Waals surface area contributed by atoms with E-state index < -0.39 is 21.9 Å². The lowest BCUT2D eigenvalue weighted by Crippen LogP contribution is -2.24. The van der Waals surface area contributed by atoms with Crippen molar-refractivity contribution in [3.05, 3.63) is 41.5 Å². The van der Waals surface area contributed by atoms with Crippen molar-refractivity contribution >= 4 is 33.7 Å². The van der Waals surface area contributed by atoms with Crippen molar-refractivity contribution in [2.75, 3.05) is 27.0 Å². The maximum atomic E-state index is 12.1. The molecule has 0 N–H and O–H groups in total. The molecular weight excluding hydrogens is 356 g/mol. The highest BCUT2D eigenvalue weighted by Gasteiger charge is 2.12. The van der Waals surface area contributed by atoms with Crippen LogP contribution in [0.2, 0.25) is 0 Å². The summed E-state index contributed by atoms with van der Waals surface area (Å²) in [4.78, 5) is 27.1. The number of hydrogen-bond donors (Lipinski definition) is 0. The predicted molar refractivity (Wildman–Crippen MR) is 102 cm³/mol. The minimum Gasteiger partial charge on any atom is -0.465 e. The molecule has 0 aromatic heterocycles. The molecule has 142 valence electrons. The van der Waals surface area contributed by atoms with Crippen molar-refractivity contribution in [3.63, 3.8) is 0 Å². The zero-order chi connectivity index (χ0) is 19.7. The Kier molecular flexibility index (Phi) is 8.34. The summed E-state index contributed by atoms with van der Waals surface area (Å²) in [6.07, 6.45) is 4.79. The zero-order valence-corrected chi connectivity index (χ0v) is 16.2. The molecule has 0 saturated heterocycles. The molecule has 1 rings (SSSR count). The Balaban J connectivity index is 2.70. The number of sulfonamides is 1. The Morgan fingerprint density at radius 3 is 2.58 bits per heavy atom. The van der Waals surface area contributed by atoms with E-state index in [9.17, 15) is 18.0 Å². The largest absolute Gasteiger partial charge is 0.465 e. The first-order valence-electron chi connectivity index (χ1n) is 8.02. The monoisotopic (exact) mass is 380 g/mol. The second-order valence-corrected chi connectivity index (χ2v) is 8.06. The van der Waals surface area contributed by atoms with Gasteiger partial charge in [0, 0.05) is 19.7 Å². The fourth-order valence-corrected chi connectivity index (χ4v) is 2.87. The van der Waals surface area contributed by atoms with Gasteiger partial charge >= 0.3 is 5.97 Å². The summed E-state index contributed by atoms with van der Waals surface area (Å²) < 4.78 is 29.0. The number of carbonyl (C=O) groups is 2. The van der Waals surface area contributed by atoms with E-state index in [1.165, 1.54) is 32.4 Å². The van der Waals surface area contributed by atoms with Crippen LogP contribution < -0.4 is 0 Å². The van der Waals surface area contributed by atoms with Crippen LogP contribution in [0.15, 0.2) is 35.3 Å². The van der Waals surface area contributed by atoms with E-state index in [1.807, 2.05) is 18.2 Å². The molecule has 0 atom stereocenters. The van der Waals surface area contributed by atoms with Crippen LogP contribution in [0.25, 0.3) is 6.08 Å². The topological polar surface area (TPSA) is 93.1 Å². The molecule has 1 aromatic rings. The van der Waals surface area contributed by atoms with Crippen LogP contribution in [0.1, 0.15) is 35.7 Å². The van der Waals surface area contributed by atoms with E-state index in [1.54, 1.807) is 18.2 Å². The highest BCUT2D eigenvalue weighted by Crippen LogP contribution is 2.10. The van der Waals surface area contributed by atoms with Crippen LogP contribution in [0.3, 0.4) is 0 Å². The number of benzene rings is 1. The molecule has 0 aliphatic carbocycles. The summed E-state index contributed by atoms with van der Waals surface area (Å²) in [7, 11) is 1.07. The van der Waals surface area contributed by atoms with Crippen LogP contribution in [-0.2, 0) is 19.6 Å². The highest BCUT2D eigenvalue weighted by molar-refractivity contribution is 7.89. The number of allylic oxidation sites excluding steroid dienone is 1. The summed E-state index contributed by atoms with van der Waals surface area (Å²) in [6, 6.07) is 6.80. The van der Waals surface area contributed by atoms with Crippen molar-refractivity contribution in [3.8, 4) is 0 Å². The predicted octanol–water partition coefficient (Wildman–Crippen LogP) is 2.15. The lowest BCUT2D eigenvalue weighted by Gasteiger charge is -2.09. The average molecular weight is 380 g/mol. The molecule has 1 aromatic carbocycles. The molecule has 0 bridgehead atoms. The van der Waals surface area contributed by atoms with Crippen LogP contribution in [0.4, 0.5) is 0 Å². The summed E-state index contributed by atoms with van der Waals surface area (Å²) in [5, 5.41) is 0. The van der Waals surface area contributed by atoms with Crippen LogP contribution in [-0.4, -0.2) is 57.3 Å². The molecule has 0 aliphatic rings. The molecule has 0 aliphatic heterocycles. The second-order valence-electron chi connectivity index (χ2n) is 5.76. The van der Waals surface area contributed by atoms with Gasteiger partial charge in [-0.15, -0.1) is 0 Å². The van der Waals surface area contributed by atoms with E-state index in [0.717, 1.165) is 5.56 Å². The second kappa shape index (κ2) is 9.98. The number of methoxy groups -OCH3 is 1. The van der Waals surface area contributed by atoms with Gasteiger partial charge in [0.15, 0.2) is 0 Å². The molecule has 0 spiro atoms. The fourth-order valence-electron chi connectivity index (χ4n) is 1.97. The molecule has 8 heteroatoms. The smallest absolute Gasteiger partial charge is 0.352 e. The number of nitrogens with zero attached hydrogens (tertiary/aromatic N) is 2. The van der Waals surface area contributed by atoms with Crippen molar-refractivity contribution in [2.45, 2.75) is 19.8 Å². The first-order valence-corrected chi connectivity index (χ1v) is 9.63. The van der Waals surface area contributed by atoms with Gasteiger partial charge in [0.2, 0.25) is 10.0 Å². The van der Waals surface area contributed by atoms with E-state index in [-0.39, 0.29) is 11.5 Å². The maximum Gasteiger partial charge on any atom is 0.352 e. The van der Waals surface area contributed by atoms with E-state index in [2.05, 4.69) is 9.73 Å². The normalized spacial score (nSPS) is 12.6. The minimum atomic E-state index is -3.18. The Hall–Kier alpha value is -2.32. The number of amides is 1. The van der Waals surface area contributed by atoms with Gasteiger partial charge in [-0.05, 0) is 37.5 Å². The van der Waals surface area contributed by atoms with Gasteiger partial charge in [-0.25, -0.2) is 22.5 Å². The van der Waals surface area contributed by atoms with Crippen LogP contribution in [0.5, 0.6) is 0 Å². The van der Waals surface area contributed by atoms with Crippen LogP contribution in [0, 0.1) is 0 Å². The van der Waals surface area contributed by atoms with Gasteiger partial charge in [0.05, 0.1) is 12.9 Å². The summed E-state index contributed by atoms with van der Waals surface area (Å²) >= 11 is 0. The van der Waals surface area contributed by atoms with Crippen molar-refractivity contribution in [1.29, 1.82) is 0 Å². The van der Waals surface area contributed by atoms with Gasteiger partial charge in [-0.1, -0.05) is 24.3 Å². The Morgan fingerprint density at radius 2 is 1.96 bits per heavy atom. The maximum absolute atomic E-state index is 12.1. The zero-order valence-electron chi connectivity index (χ0n) is 15.4. The van der Waals surface area contributed by atoms with Gasteiger partial charge in [-0.3, -0.25) is 4.79 Å². The Labute approximate surface area is 154 Å². The SMILES string of the molecule is COC(=O)C(C)=NC(=O)c1cccc(/C=C\CCCS(=O)(=O)N(C)C)c1. The standard InChI is InChI=1S/C18H24N2O5S/c1-14(18(22)25-4)19-17(21)16-11-8-10-15(13-16)9-6-5-7-12-26(23,24)20(2)3/h6,8-11,13H,5,7,12H2,1-4H3/b9-6-,19-14?. The number of unbranched alkanes of at least 4 members (excludes halogenated alkanes) is 1. The molecule has 0 radical (unpaired) electrons. The highest BCUT2D eigenvalue weighted by atomic mass is 32.2. The first kappa shape index (κ1) is 21.7. The first-order chi connectivity index (χ1) is 12.2. The number of esters is 1. The Bertz CT molecular complexity index is 811. The number of hydrogen-bond acceptors (Lipinski definition) is 5. The van der Waals surface area contributed by atoms with Gasteiger partial charge in [0.1, 0.15) is 5.71 Å². The third-order valence-electron chi connectivity index (χ3n) is 3.52. The molecule has 26 heavy (non-hydrogen) atoms. The number of aliphatic imine (C=N–C) groups is 1. The van der Waals surface area contributed by atoms with Gasteiger partial charge in [0.25, 0.3) is 5.91 Å². The van der Waals surface area contributed by atoms with Crippen molar-refractivity contribution < 1.29 is 22.7 Å². The number of ether oxygens (including phenoxy) is 1. The van der Waals surface area contributed by atoms with Crippen LogP contribution >= 0.6 is 0 Å². The minimum absolute atomic E-state index is 0.0134. The van der Waals surface area contributed by atoms with E-state index >= 15 is 0 Å². The molecule has 1 amide bonds. The fraction of sp³-hybridized carbons (Fsp3) is 0.389. The quantitative estimate of drug-likeness (QED) is 0.391. The lowest BCUT2D eigenvalue weighted by molar-refractivity contribution is -0.132. The molecule has 0 fully saturated rings. The molecule has 7 nitrogen and oxygen atoms in total. The Morgan fingerprint density at radius 1 is 1.27 bits per heavy atom. The molecule has 0 unspecified atom stereocenters. The molecule has 0 saturated carbocycles. The molecule has 0 heterocycles. The van der Waals surface area contributed by atoms with E-state index in [4.69, 9.17) is 0 Å². The number of carbonyl (C=O) groups excluding carboxylic acids is 2. The summed E-state index contributed by atoms with van der Waals surface area (Å²) in [6.45, 7) is 1.41. The van der Waals surface area contributed by atoms with Crippen molar-refractivity contribution in [1.82, 2.24) is 4.31 Å². The summed E-state index contributed by atoms with van der Waals surface area (Å²) in [5.41, 5.74) is 1.13.